The zero-order chi connectivity index (χ0) is 18.7. The number of rotatable bonds is 5. The van der Waals surface area contributed by atoms with Crippen LogP contribution in [0.5, 0.6) is 0 Å². The molecule has 0 spiro atoms. The summed E-state index contributed by atoms with van der Waals surface area (Å²) in [7, 11) is 0. The molecule has 0 saturated carbocycles. The minimum absolute atomic E-state index is 0.00675. The summed E-state index contributed by atoms with van der Waals surface area (Å²) in [6.45, 7) is 2.04. The largest absolute Gasteiger partial charge is 0.457 e. The van der Waals surface area contributed by atoms with Crippen LogP contribution in [0.4, 0.5) is 5.69 Å². The Morgan fingerprint density at radius 1 is 1.31 bits per heavy atom. The summed E-state index contributed by atoms with van der Waals surface area (Å²) in [6.07, 6.45) is 0. The van der Waals surface area contributed by atoms with Gasteiger partial charge in [-0.05, 0) is 43.4 Å². The molecule has 2 N–H and O–H groups in total. The van der Waals surface area contributed by atoms with Crippen LogP contribution >= 0.6 is 12.2 Å². The minimum Gasteiger partial charge on any atom is -0.457 e. The lowest BCUT2D eigenvalue weighted by atomic mass is 10.1. The van der Waals surface area contributed by atoms with E-state index in [0.29, 0.717) is 40.0 Å². The summed E-state index contributed by atoms with van der Waals surface area (Å²) < 4.78 is 10.9. The standard InChI is InChI=1S/C17H15N3O5S/c1-10-14(8-18-17(26)19-10)16(21)24-9-13-6-7-15(25-13)11-2-4-12(5-3-11)20(22)23/h2-7H,8-9H2,1H3,(H2,18,19,26). The summed E-state index contributed by atoms with van der Waals surface area (Å²) in [4.78, 5) is 22.4. The summed E-state index contributed by atoms with van der Waals surface area (Å²) in [5, 5.41) is 16.9. The monoisotopic (exact) mass is 373 g/mol. The van der Waals surface area contributed by atoms with Crippen molar-refractivity contribution in [3.8, 4) is 11.3 Å². The summed E-state index contributed by atoms with van der Waals surface area (Å²) in [5.41, 5.74) is 1.83. The first-order valence-corrected chi connectivity index (χ1v) is 8.10. The molecule has 0 saturated heterocycles. The van der Waals surface area contributed by atoms with Gasteiger partial charge in [-0.2, -0.15) is 0 Å². The lowest BCUT2D eigenvalue weighted by Crippen LogP contribution is -2.42. The highest BCUT2D eigenvalue weighted by Crippen LogP contribution is 2.25. The van der Waals surface area contributed by atoms with E-state index >= 15 is 0 Å². The molecular weight excluding hydrogens is 358 g/mol. The minimum atomic E-state index is -0.463. The van der Waals surface area contributed by atoms with Crippen molar-refractivity contribution >= 4 is 29.0 Å². The van der Waals surface area contributed by atoms with E-state index in [2.05, 4.69) is 10.6 Å². The van der Waals surface area contributed by atoms with Crippen LogP contribution in [0.2, 0.25) is 0 Å². The van der Waals surface area contributed by atoms with Gasteiger partial charge in [-0.15, -0.1) is 0 Å². The van der Waals surface area contributed by atoms with Crippen LogP contribution in [0.25, 0.3) is 11.3 Å². The van der Waals surface area contributed by atoms with Crippen molar-refractivity contribution in [3.63, 3.8) is 0 Å². The fourth-order valence-electron chi connectivity index (χ4n) is 2.40. The number of carbonyl (C=O) groups is 1. The van der Waals surface area contributed by atoms with Crippen molar-refractivity contribution in [1.29, 1.82) is 0 Å². The van der Waals surface area contributed by atoms with Gasteiger partial charge in [0.2, 0.25) is 0 Å². The highest BCUT2D eigenvalue weighted by atomic mass is 32.1. The molecule has 1 aliphatic rings. The van der Waals surface area contributed by atoms with Gasteiger partial charge in [0.15, 0.2) is 5.11 Å². The summed E-state index contributed by atoms with van der Waals surface area (Å²) in [6, 6.07) is 9.42. The number of nitrogens with zero attached hydrogens (tertiary/aromatic N) is 1. The van der Waals surface area contributed by atoms with Gasteiger partial charge in [0.1, 0.15) is 18.1 Å². The average molecular weight is 373 g/mol. The Hall–Kier alpha value is -3.20. The van der Waals surface area contributed by atoms with E-state index in [1.165, 1.54) is 12.1 Å². The first-order chi connectivity index (χ1) is 12.4. The third-order valence-electron chi connectivity index (χ3n) is 3.80. The van der Waals surface area contributed by atoms with E-state index in [1.807, 2.05) is 0 Å². The molecule has 2 heterocycles. The molecule has 1 aromatic carbocycles. The number of benzene rings is 1. The molecule has 0 atom stereocenters. The van der Waals surface area contributed by atoms with Gasteiger partial charge in [-0.1, -0.05) is 0 Å². The highest BCUT2D eigenvalue weighted by molar-refractivity contribution is 7.80. The lowest BCUT2D eigenvalue weighted by molar-refractivity contribution is -0.384. The van der Waals surface area contributed by atoms with Crippen LogP contribution in [0.3, 0.4) is 0 Å². The second-order valence-electron chi connectivity index (χ2n) is 5.56. The molecule has 1 aliphatic heterocycles. The maximum absolute atomic E-state index is 12.2. The van der Waals surface area contributed by atoms with Gasteiger partial charge in [0.05, 0.1) is 17.0 Å². The summed E-state index contributed by atoms with van der Waals surface area (Å²) in [5.74, 6) is 0.545. The number of furan rings is 1. The van der Waals surface area contributed by atoms with E-state index in [4.69, 9.17) is 21.4 Å². The van der Waals surface area contributed by atoms with E-state index in [-0.39, 0.29) is 12.3 Å². The van der Waals surface area contributed by atoms with Crippen LogP contribution < -0.4 is 10.6 Å². The summed E-state index contributed by atoms with van der Waals surface area (Å²) >= 11 is 4.97. The molecular formula is C17H15N3O5S. The maximum atomic E-state index is 12.2. The maximum Gasteiger partial charge on any atom is 0.338 e. The van der Waals surface area contributed by atoms with Gasteiger partial charge in [0.25, 0.3) is 5.69 Å². The Labute approximate surface area is 154 Å². The number of hydrogen-bond acceptors (Lipinski definition) is 6. The molecule has 2 aromatic rings. The number of nitrogens with one attached hydrogen (secondary N) is 2. The molecule has 0 fully saturated rings. The number of carbonyl (C=O) groups excluding carboxylic acids is 1. The van der Waals surface area contributed by atoms with Crippen LogP contribution in [0.15, 0.2) is 52.1 Å². The van der Waals surface area contributed by atoms with Crippen LogP contribution in [0.1, 0.15) is 12.7 Å². The van der Waals surface area contributed by atoms with Gasteiger partial charge in [-0.25, -0.2) is 4.79 Å². The number of esters is 1. The molecule has 0 bridgehead atoms. The zero-order valence-electron chi connectivity index (χ0n) is 13.8. The average Bonchev–Trinajstić information content (AvgIpc) is 3.09. The number of non-ortho nitro benzene ring substituents is 1. The van der Waals surface area contributed by atoms with Crippen molar-refractivity contribution in [2.24, 2.45) is 0 Å². The van der Waals surface area contributed by atoms with E-state index in [0.717, 1.165) is 0 Å². The van der Waals surface area contributed by atoms with Crippen molar-refractivity contribution in [2.75, 3.05) is 6.54 Å². The van der Waals surface area contributed by atoms with Gasteiger partial charge < -0.3 is 19.8 Å². The van der Waals surface area contributed by atoms with Crippen molar-refractivity contribution in [3.05, 3.63) is 63.5 Å². The van der Waals surface area contributed by atoms with E-state index in [9.17, 15) is 14.9 Å². The third-order valence-corrected chi connectivity index (χ3v) is 4.04. The van der Waals surface area contributed by atoms with Crippen molar-refractivity contribution in [2.45, 2.75) is 13.5 Å². The highest BCUT2D eigenvalue weighted by Gasteiger charge is 2.20. The van der Waals surface area contributed by atoms with Gasteiger partial charge in [-0.3, -0.25) is 10.1 Å². The second-order valence-corrected chi connectivity index (χ2v) is 5.97. The van der Waals surface area contributed by atoms with E-state index < -0.39 is 10.9 Å². The van der Waals surface area contributed by atoms with Crippen LogP contribution in [-0.2, 0) is 16.1 Å². The quantitative estimate of drug-likeness (QED) is 0.357. The molecule has 9 heteroatoms. The number of nitro groups is 1. The zero-order valence-corrected chi connectivity index (χ0v) is 14.6. The molecule has 0 radical (unpaired) electrons. The normalized spacial score (nSPS) is 13.8. The van der Waals surface area contributed by atoms with Gasteiger partial charge in [0, 0.05) is 23.4 Å². The molecule has 0 unspecified atom stereocenters. The molecule has 134 valence electrons. The molecule has 0 amide bonds. The van der Waals surface area contributed by atoms with E-state index in [1.54, 1.807) is 31.2 Å². The fourth-order valence-corrected chi connectivity index (χ4v) is 2.62. The number of hydrogen-bond donors (Lipinski definition) is 2. The molecule has 8 nitrogen and oxygen atoms in total. The molecule has 3 rings (SSSR count). The fraction of sp³-hybridized carbons (Fsp3) is 0.176. The Balaban J connectivity index is 1.63. The predicted molar refractivity (Wildman–Crippen MR) is 97.0 cm³/mol. The molecule has 1 aromatic heterocycles. The van der Waals surface area contributed by atoms with Crippen molar-refractivity contribution in [1.82, 2.24) is 10.6 Å². The Morgan fingerprint density at radius 2 is 2.04 bits per heavy atom. The Kier molecular flexibility index (Phi) is 4.99. The smallest absolute Gasteiger partial charge is 0.338 e. The number of nitro benzene ring substituents is 1. The number of ether oxygens (including phenoxy) is 1. The predicted octanol–water partition coefficient (Wildman–Crippen LogP) is 2.65. The topological polar surface area (TPSA) is 107 Å². The molecule has 0 aliphatic carbocycles. The van der Waals surface area contributed by atoms with Crippen molar-refractivity contribution < 1.29 is 18.9 Å². The first kappa shape index (κ1) is 17.6. The third kappa shape index (κ3) is 3.89. The first-order valence-electron chi connectivity index (χ1n) is 7.69. The lowest BCUT2D eigenvalue weighted by Gasteiger charge is -2.20. The number of allylic oxidation sites excluding steroid dienone is 1. The van der Waals surface area contributed by atoms with Crippen LogP contribution in [0, 0.1) is 10.1 Å². The Bertz CT molecular complexity index is 901. The molecule has 26 heavy (non-hydrogen) atoms. The Morgan fingerprint density at radius 3 is 2.69 bits per heavy atom. The SMILES string of the molecule is CC1=C(C(=O)OCc2ccc(-c3ccc([N+](=O)[O-])cc3)o2)CNC(=S)N1. The number of thiocarbonyl (C=S) groups is 1. The second kappa shape index (κ2) is 7.36. The van der Waals surface area contributed by atoms with Gasteiger partial charge >= 0.3 is 5.97 Å². The van der Waals surface area contributed by atoms with Crippen LogP contribution in [-0.4, -0.2) is 22.5 Å².